The summed E-state index contributed by atoms with van der Waals surface area (Å²) in [5.74, 6) is 0.0643. The van der Waals surface area contributed by atoms with Gasteiger partial charge in [-0.3, -0.25) is 9.78 Å². The molecule has 1 aliphatic carbocycles. The molecular weight excluding hydrogens is 280 g/mol. The van der Waals surface area contributed by atoms with Crippen molar-refractivity contribution in [1.29, 1.82) is 0 Å². The van der Waals surface area contributed by atoms with Gasteiger partial charge in [-0.2, -0.15) is 0 Å². The van der Waals surface area contributed by atoms with E-state index in [9.17, 15) is 4.79 Å². The Labute approximate surface area is 110 Å². The average Bonchev–Trinajstić information content (AvgIpc) is 2.39. The normalized spacial score (nSPS) is 24.4. The van der Waals surface area contributed by atoms with Crippen molar-refractivity contribution < 1.29 is 4.79 Å². The maximum absolute atomic E-state index is 12.3. The molecule has 0 saturated heterocycles. The lowest BCUT2D eigenvalue weighted by Crippen LogP contribution is -2.44. The highest BCUT2D eigenvalue weighted by molar-refractivity contribution is 9.09. The fourth-order valence-corrected chi connectivity index (χ4v) is 3.29. The van der Waals surface area contributed by atoms with E-state index in [2.05, 4.69) is 20.9 Å². The van der Waals surface area contributed by atoms with Crippen LogP contribution in [0.5, 0.6) is 0 Å². The summed E-state index contributed by atoms with van der Waals surface area (Å²) in [6, 6.07) is 3.92. The lowest BCUT2D eigenvalue weighted by Gasteiger charge is -2.35. The van der Waals surface area contributed by atoms with Crippen LogP contribution >= 0.6 is 15.9 Å². The number of carbonyl (C=O) groups excluding carboxylic acids is 1. The molecule has 1 aliphatic rings. The number of halogens is 1. The third-order valence-corrected chi connectivity index (χ3v) is 4.44. The molecule has 2 atom stereocenters. The molecule has 2 rings (SSSR count). The fraction of sp³-hybridized carbons (Fsp3) is 0.538. The summed E-state index contributed by atoms with van der Waals surface area (Å²) in [6.07, 6.45) is 8.00. The maximum Gasteiger partial charge on any atom is 0.255 e. The highest BCUT2D eigenvalue weighted by Crippen LogP contribution is 2.28. The maximum atomic E-state index is 12.3. The zero-order valence-corrected chi connectivity index (χ0v) is 11.6. The number of hydrogen-bond acceptors (Lipinski definition) is 2. The van der Waals surface area contributed by atoms with Gasteiger partial charge in [0.2, 0.25) is 0 Å². The van der Waals surface area contributed by atoms with E-state index in [4.69, 9.17) is 0 Å². The molecule has 17 heavy (non-hydrogen) atoms. The number of pyridine rings is 1. The number of amides is 1. The Morgan fingerprint density at radius 1 is 1.47 bits per heavy atom. The average molecular weight is 297 g/mol. The van der Waals surface area contributed by atoms with Gasteiger partial charge in [-0.1, -0.05) is 28.8 Å². The molecule has 2 unspecified atom stereocenters. The lowest BCUT2D eigenvalue weighted by molar-refractivity contribution is 0.0704. The Bertz CT molecular complexity index is 382. The Morgan fingerprint density at radius 2 is 2.24 bits per heavy atom. The third kappa shape index (κ3) is 2.86. The second-order valence-corrected chi connectivity index (χ2v) is 5.70. The first-order valence-electron chi connectivity index (χ1n) is 6.01. The van der Waals surface area contributed by atoms with Crippen LogP contribution in [0.2, 0.25) is 0 Å². The molecular formula is C13H17BrN2O. The standard InChI is InChI=1S/C13H17BrN2O/c1-16(12-7-3-2-6-11(12)14)13(17)10-5-4-8-15-9-10/h4-5,8-9,11-12H,2-3,6-7H2,1H3. The topological polar surface area (TPSA) is 33.2 Å². The Kier molecular flexibility index (Phi) is 4.15. The highest BCUT2D eigenvalue weighted by Gasteiger charge is 2.29. The molecule has 0 N–H and O–H groups in total. The number of carbonyl (C=O) groups is 1. The molecule has 1 heterocycles. The zero-order chi connectivity index (χ0) is 12.3. The Balaban J connectivity index is 2.09. The molecule has 4 heteroatoms. The molecule has 0 spiro atoms. The minimum Gasteiger partial charge on any atom is -0.338 e. The van der Waals surface area contributed by atoms with Crippen LogP contribution < -0.4 is 0 Å². The number of hydrogen-bond donors (Lipinski definition) is 0. The number of rotatable bonds is 2. The summed E-state index contributed by atoms with van der Waals surface area (Å²) < 4.78 is 0. The van der Waals surface area contributed by atoms with Crippen molar-refractivity contribution in [2.24, 2.45) is 0 Å². The number of nitrogens with zero attached hydrogens (tertiary/aromatic N) is 2. The van der Waals surface area contributed by atoms with E-state index < -0.39 is 0 Å². The molecule has 1 saturated carbocycles. The summed E-state index contributed by atoms with van der Waals surface area (Å²) in [7, 11) is 1.89. The van der Waals surface area contributed by atoms with Crippen LogP contribution in [0, 0.1) is 0 Å². The van der Waals surface area contributed by atoms with Gasteiger partial charge in [0.1, 0.15) is 0 Å². The minimum absolute atomic E-state index is 0.0643. The molecule has 1 aromatic heterocycles. The number of alkyl halides is 1. The lowest BCUT2D eigenvalue weighted by atomic mass is 9.94. The first-order chi connectivity index (χ1) is 8.20. The van der Waals surface area contributed by atoms with Gasteiger partial charge in [0.05, 0.1) is 5.56 Å². The molecule has 1 fully saturated rings. The first-order valence-corrected chi connectivity index (χ1v) is 6.93. The summed E-state index contributed by atoms with van der Waals surface area (Å²) in [4.78, 5) is 18.5. The van der Waals surface area contributed by atoms with Crippen molar-refractivity contribution in [3.63, 3.8) is 0 Å². The molecule has 1 amide bonds. The molecule has 0 radical (unpaired) electrons. The van der Waals surface area contributed by atoms with Crippen LogP contribution in [0.15, 0.2) is 24.5 Å². The van der Waals surface area contributed by atoms with Gasteiger partial charge in [-0.15, -0.1) is 0 Å². The van der Waals surface area contributed by atoms with Crippen molar-refractivity contribution >= 4 is 21.8 Å². The highest BCUT2D eigenvalue weighted by atomic mass is 79.9. The van der Waals surface area contributed by atoms with Gasteiger partial charge >= 0.3 is 0 Å². The quantitative estimate of drug-likeness (QED) is 0.786. The zero-order valence-electron chi connectivity index (χ0n) is 9.97. The van der Waals surface area contributed by atoms with E-state index in [1.807, 2.05) is 18.0 Å². The van der Waals surface area contributed by atoms with E-state index in [0.717, 1.165) is 12.8 Å². The van der Waals surface area contributed by atoms with Crippen LogP contribution in [-0.2, 0) is 0 Å². The smallest absolute Gasteiger partial charge is 0.255 e. The van der Waals surface area contributed by atoms with Crippen LogP contribution in [0.4, 0.5) is 0 Å². The SMILES string of the molecule is CN(C(=O)c1cccnc1)C1CCCCC1Br. The predicted octanol–water partition coefficient (Wildman–Crippen LogP) is 2.86. The summed E-state index contributed by atoms with van der Waals surface area (Å²) >= 11 is 3.69. The second kappa shape index (κ2) is 5.63. The van der Waals surface area contributed by atoms with Gasteiger partial charge in [0.25, 0.3) is 5.91 Å². The molecule has 0 aliphatic heterocycles. The van der Waals surface area contributed by atoms with Gasteiger partial charge in [0, 0.05) is 30.3 Å². The molecule has 0 aromatic carbocycles. The monoisotopic (exact) mass is 296 g/mol. The minimum atomic E-state index is 0.0643. The molecule has 92 valence electrons. The Morgan fingerprint density at radius 3 is 2.88 bits per heavy atom. The van der Waals surface area contributed by atoms with Crippen molar-refractivity contribution in [3.05, 3.63) is 30.1 Å². The van der Waals surface area contributed by atoms with Crippen molar-refractivity contribution in [2.75, 3.05) is 7.05 Å². The van der Waals surface area contributed by atoms with Gasteiger partial charge < -0.3 is 4.90 Å². The van der Waals surface area contributed by atoms with Crippen LogP contribution in [0.3, 0.4) is 0 Å². The summed E-state index contributed by atoms with van der Waals surface area (Å²) in [5.41, 5.74) is 0.667. The summed E-state index contributed by atoms with van der Waals surface area (Å²) in [5, 5.41) is 0. The van der Waals surface area contributed by atoms with E-state index >= 15 is 0 Å². The third-order valence-electron chi connectivity index (χ3n) is 3.37. The van der Waals surface area contributed by atoms with Crippen molar-refractivity contribution in [2.45, 2.75) is 36.6 Å². The number of aromatic nitrogens is 1. The predicted molar refractivity (Wildman–Crippen MR) is 71.3 cm³/mol. The second-order valence-electron chi connectivity index (χ2n) is 4.53. The van der Waals surface area contributed by atoms with E-state index in [1.165, 1.54) is 12.8 Å². The molecule has 0 bridgehead atoms. The van der Waals surface area contributed by atoms with Crippen LogP contribution in [0.1, 0.15) is 36.0 Å². The summed E-state index contributed by atoms with van der Waals surface area (Å²) in [6.45, 7) is 0. The van der Waals surface area contributed by atoms with E-state index in [-0.39, 0.29) is 5.91 Å². The largest absolute Gasteiger partial charge is 0.338 e. The van der Waals surface area contributed by atoms with Crippen LogP contribution in [-0.4, -0.2) is 33.7 Å². The van der Waals surface area contributed by atoms with Gasteiger partial charge in [-0.25, -0.2) is 0 Å². The van der Waals surface area contributed by atoms with Gasteiger partial charge in [-0.05, 0) is 25.0 Å². The van der Waals surface area contributed by atoms with E-state index in [0.29, 0.717) is 16.4 Å². The van der Waals surface area contributed by atoms with Crippen molar-refractivity contribution in [3.8, 4) is 0 Å². The molecule has 3 nitrogen and oxygen atoms in total. The van der Waals surface area contributed by atoms with Crippen molar-refractivity contribution in [1.82, 2.24) is 9.88 Å². The Hall–Kier alpha value is -0.900. The molecule has 1 aromatic rings. The first kappa shape index (κ1) is 12.6. The van der Waals surface area contributed by atoms with Crippen LogP contribution in [0.25, 0.3) is 0 Å². The fourth-order valence-electron chi connectivity index (χ4n) is 2.35. The van der Waals surface area contributed by atoms with E-state index in [1.54, 1.807) is 18.5 Å². The van der Waals surface area contributed by atoms with Gasteiger partial charge in [0.15, 0.2) is 0 Å².